The van der Waals surface area contributed by atoms with Crippen LogP contribution in [-0.4, -0.2) is 16.6 Å². The Bertz CT molecular complexity index is 432. The molecule has 4 heteroatoms. The molecule has 0 fully saturated rings. The summed E-state index contributed by atoms with van der Waals surface area (Å²) in [7, 11) is 0. The van der Waals surface area contributed by atoms with Gasteiger partial charge in [0, 0.05) is 5.69 Å². The molecule has 1 rings (SSSR count). The van der Waals surface area contributed by atoms with Gasteiger partial charge in [-0.3, -0.25) is 0 Å². The molecule has 0 aliphatic heterocycles. The molecule has 0 radical (unpaired) electrons. The Labute approximate surface area is 121 Å². The lowest BCUT2D eigenvalue weighted by atomic mass is 10.1. The Morgan fingerprint density at radius 2 is 1.95 bits per heavy atom. The van der Waals surface area contributed by atoms with E-state index in [0.717, 1.165) is 23.2 Å². The zero-order chi connectivity index (χ0) is 14.3. The number of pyridine rings is 1. The second-order valence-corrected chi connectivity index (χ2v) is 5.33. The first-order chi connectivity index (χ1) is 9.06. The lowest BCUT2D eigenvalue weighted by Gasteiger charge is -2.12. The Balaban J connectivity index is 2.59. The summed E-state index contributed by atoms with van der Waals surface area (Å²) in [6.07, 6.45) is 6.06. The molecule has 0 atom stereocenters. The van der Waals surface area contributed by atoms with Crippen molar-refractivity contribution in [2.75, 3.05) is 6.61 Å². The fourth-order valence-corrected chi connectivity index (χ4v) is 2.33. The van der Waals surface area contributed by atoms with Crippen molar-refractivity contribution in [2.24, 2.45) is 5.73 Å². The molecule has 0 unspecified atom stereocenters. The monoisotopic (exact) mass is 280 g/mol. The molecular weight excluding hydrogens is 256 g/mol. The molecule has 0 amide bonds. The molecule has 1 aromatic heterocycles. The van der Waals surface area contributed by atoms with E-state index in [1.165, 1.54) is 25.7 Å². The molecule has 0 bridgehead atoms. The minimum atomic E-state index is 0.353. The quantitative estimate of drug-likeness (QED) is 0.583. The van der Waals surface area contributed by atoms with Crippen LogP contribution in [0.25, 0.3) is 0 Å². The number of nitrogens with zero attached hydrogens (tertiary/aromatic N) is 1. The van der Waals surface area contributed by atoms with Crippen molar-refractivity contribution in [3.05, 3.63) is 22.9 Å². The highest BCUT2D eigenvalue weighted by molar-refractivity contribution is 7.80. The summed E-state index contributed by atoms with van der Waals surface area (Å²) in [5.41, 5.74) is 8.48. The van der Waals surface area contributed by atoms with Crippen LogP contribution in [0.2, 0.25) is 0 Å². The van der Waals surface area contributed by atoms with E-state index in [-0.39, 0.29) is 0 Å². The van der Waals surface area contributed by atoms with E-state index in [1.807, 2.05) is 19.9 Å². The Morgan fingerprint density at radius 3 is 2.58 bits per heavy atom. The van der Waals surface area contributed by atoms with Gasteiger partial charge in [0.25, 0.3) is 0 Å². The topological polar surface area (TPSA) is 48.1 Å². The van der Waals surface area contributed by atoms with Crippen molar-refractivity contribution in [2.45, 2.75) is 52.9 Å². The normalized spacial score (nSPS) is 10.5. The van der Waals surface area contributed by atoms with Crippen LogP contribution in [0.5, 0.6) is 5.88 Å². The Hall–Kier alpha value is -1.16. The third-order valence-corrected chi connectivity index (χ3v) is 3.25. The summed E-state index contributed by atoms with van der Waals surface area (Å²) in [5.74, 6) is 0.584. The van der Waals surface area contributed by atoms with Crippen LogP contribution in [0, 0.1) is 13.8 Å². The first-order valence-electron chi connectivity index (χ1n) is 6.97. The molecule has 0 aliphatic carbocycles. The molecule has 1 heterocycles. The van der Waals surface area contributed by atoms with Gasteiger partial charge in [-0.05, 0) is 31.9 Å². The first kappa shape index (κ1) is 15.9. The number of aromatic nitrogens is 1. The van der Waals surface area contributed by atoms with Crippen LogP contribution < -0.4 is 10.5 Å². The molecule has 19 heavy (non-hydrogen) atoms. The fourth-order valence-electron chi connectivity index (χ4n) is 2.08. The second-order valence-electron chi connectivity index (χ2n) is 4.89. The lowest BCUT2D eigenvalue weighted by molar-refractivity contribution is 0.292. The van der Waals surface area contributed by atoms with E-state index in [2.05, 4.69) is 11.9 Å². The van der Waals surface area contributed by atoms with Crippen molar-refractivity contribution < 1.29 is 4.74 Å². The first-order valence-corrected chi connectivity index (χ1v) is 7.38. The predicted octanol–water partition coefficient (Wildman–Crippen LogP) is 3.68. The average molecular weight is 280 g/mol. The Morgan fingerprint density at radius 1 is 1.26 bits per heavy atom. The maximum absolute atomic E-state index is 5.76. The highest BCUT2D eigenvalue weighted by Crippen LogP contribution is 2.21. The smallest absolute Gasteiger partial charge is 0.224 e. The minimum absolute atomic E-state index is 0.353. The second kappa shape index (κ2) is 8.10. The molecule has 0 saturated carbocycles. The van der Waals surface area contributed by atoms with Crippen LogP contribution in [0.3, 0.4) is 0 Å². The number of thiocarbonyl (C=S) groups is 1. The lowest BCUT2D eigenvalue weighted by Crippen LogP contribution is -2.15. The van der Waals surface area contributed by atoms with Gasteiger partial charge >= 0.3 is 0 Å². The van der Waals surface area contributed by atoms with Gasteiger partial charge in [-0.1, -0.05) is 44.8 Å². The predicted molar refractivity (Wildman–Crippen MR) is 83.9 cm³/mol. The minimum Gasteiger partial charge on any atom is -0.477 e. The number of hydrogen-bond acceptors (Lipinski definition) is 3. The van der Waals surface area contributed by atoms with Gasteiger partial charge < -0.3 is 10.5 Å². The van der Waals surface area contributed by atoms with E-state index in [9.17, 15) is 0 Å². The highest BCUT2D eigenvalue weighted by Gasteiger charge is 2.12. The van der Waals surface area contributed by atoms with Crippen LogP contribution in [-0.2, 0) is 0 Å². The van der Waals surface area contributed by atoms with Crippen LogP contribution in [0.1, 0.15) is 55.8 Å². The largest absolute Gasteiger partial charge is 0.477 e. The van der Waals surface area contributed by atoms with Crippen molar-refractivity contribution in [1.29, 1.82) is 0 Å². The number of aryl methyl sites for hydroxylation is 2. The molecule has 1 aromatic rings. The van der Waals surface area contributed by atoms with Gasteiger partial charge in [-0.15, -0.1) is 0 Å². The Kier molecular flexibility index (Phi) is 6.78. The number of ether oxygens (including phenoxy) is 1. The molecule has 2 N–H and O–H groups in total. The zero-order valence-electron chi connectivity index (χ0n) is 12.2. The maximum atomic E-state index is 5.76. The van der Waals surface area contributed by atoms with Crippen molar-refractivity contribution in [1.82, 2.24) is 4.98 Å². The summed E-state index contributed by atoms with van der Waals surface area (Å²) in [5, 5.41) is 0. The van der Waals surface area contributed by atoms with E-state index < -0.39 is 0 Å². The zero-order valence-corrected chi connectivity index (χ0v) is 13.0. The van der Waals surface area contributed by atoms with Crippen LogP contribution in [0.15, 0.2) is 6.07 Å². The van der Waals surface area contributed by atoms with Gasteiger partial charge in [0.05, 0.1) is 12.2 Å². The third kappa shape index (κ3) is 5.15. The molecule has 0 spiro atoms. The standard InChI is InChI=1S/C15H24N2OS/c1-4-5-6-7-8-9-18-15-13(14(16)19)11(2)10-12(3)17-15/h10H,4-9H2,1-3H3,(H2,16,19). The molecule has 106 valence electrons. The highest BCUT2D eigenvalue weighted by atomic mass is 32.1. The average Bonchev–Trinajstić information content (AvgIpc) is 2.32. The van der Waals surface area contributed by atoms with Gasteiger partial charge in [0.15, 0.2) is 0 Å². The molecule has 0 aromatic carbocycles. The van der Waals surface area contributed by atoms with Crippen molar-refractivity contribution in [3.63, 3.8) is 0 Å². The SMILES string of the molecule is CCCCCCCOc1nc(C)cc(C)c1C(N)=S. The van der Waals surface area contributed by atoms with Crippen LogP contribution >= 0.6 is 12.2 Å². The van der Waals surface area contributed by atoms with Crippen LogP contribution in [0.4, 0.5) is 0 Å². The van der Waals surface area contributed by atoms with E-state index >= 15 is 0 Å². The molecular formula is C15H24N2OS. The van der Waals surface area contributed by atoms with Gasteiger partial charge in [0.2, 0.25) is 5.88 Å². The summed E-state index contributed by atoms with van der Waals surface area (Å²) in [6.45, 7) is 6.82. The fraction of sp³-hybridized carbons (Fsp3) is 0.600. The van der Waals surface area contributed by atoms with Gasteiger partial charge in [0.1, 0.15) is 4.99 Å². The van der Waals surface area contributed by atoms with E-state index in [0.29, 0.717) is 17.5 Å². The number of rotatable bonds is 8. The maximum Gasteiger partial charge on any atom is 0.224 e. The number of nitrogens with two attached hydrogens (primary N) is 1. The number of unbranched alkanes of at least 4 members (excludes halogenated alkanes) is 4. The third-order valence-electron chi connectivity index (χ3n) is 3.04. The molecule has 3 nitrogen and oxygen atoms in total. The summed E-state index contributed by atoms with van der Waals surface area (Å²) in [4.78, 5) is 4.75. The summed E-state index contributed by atoms with van der Waals surface area (Å²) >= 11 is 5.07. The van der Waals surface area contributed by atoms with Crippen molar-refractivity contribution >= 4 is 17.2 Å². The summed E-state index contributed by atoms with van der Waals surface area (Å²) < 4.78 is 5.76. The van der Waals surface area contributed by atoms with Gasteiger partial charge in [-0.2, -0.15) is 0 Å². The van der Waals surface area contributed by atoms with E-state index in [1.54, 1.807) is 0 Å². The van der Waals surface area contributed by atoms with Crippen molar-refractivity contribution in [3.8, 4) is 5.88 Å². The molecule has 0 aliphatic rings. The number of hydrogen-bond donors (Lipinski definition) is 1. The van der Waals surface area contributed by atoms with Gasteiger partial charge in [-0.25, -0.2) is 4.98 Å². The summed E-state index contributed by atoms with van der Waals surface area (Å²) in [6, 6.07) is 1.97. The van der Waals surface area contributed by atoms with E-state index in [4.69, 9.17) is 22.7 Å². The molecule has 0 saturated heterocycles.